The molecule has 1 aromatic carbocycles. The van der Waals surface area contributed by atoms with Crippen LogP contribution in [0.2, 0.25) is 0 Å². The number of amides is 1. The molecule has 10 heteroatoms. The Kier molecular flexibility index (Phi) is 4.80. The Morgan fingerprint density at radius 2 is 1.94 bits per heavy atom. The number of rotatable bonds is 9. The van der Waals surface area contributed by atoms with Gasteiger partial charge in [-0.2, -0.15) is 0 Å². The maximum atomic E-state index is 13.0. The first-order valence-electron chi connectivity index (χ1n) is 14.2. The highest BCUT2D eigenvalue weighted by Crippen LogP contribution is 2.46. The van der Waals surface area contributed by atoms with Crippen LogP contribution < -0.4 is 5.32 Å². The van der Waals surface area contributed by atoms with Crippen LogP contribution in [0.15, 0.2) is 24.3 Å². The molecule has 0 spiro atoms. The van der Waals surface area contributed by atoms with E-state index in [0.29, 0.717) is 24.6 Å². The summed E-state index contributed by atoms with van der Waals surface area (Å²) in [4.78, 5) is 24.6. The van der Waals surface area contributed by atoms with Gasteiger partial charge in [0.15, 0.2) is 0 Å². The number of hydrogen-bond acceptors (Lipinski definition) is 8. The van der Waals surface area contributed by atoms with Gasteiger partial charge >= 0.3 is 5.97 Å². The standard InChI is InChI=1S/C22H31NO8S/c1-22(2)8-7-11(23-19(28)12-5-3-4-6-13(12)20(29)30)9-15(22)32-21-18(27)17(26)16(25)14(10-24)31-21/h3-6,11,14-18,21,24-27H,7-10H2,1-2H3,(H,23,28)(H,29,30)/t11?,14-,15?,16+,17+,18-,21+/m1/s1/i10D,14D,16D,17D,18D,21D,25D,26D,27D/t10?,11?,14-,15?,16+,17+,18-,21+. The number of aromatic carboxylic acids is 1. The number of carboxylic acids is 1. The molecule has 3 rings (SSSR count). The predicted molar refractivity (Wildman–Crippen MR) is 117 cm³/mol. The number of thioether (sulfide) groups is 1. The van der Waals surface area contributed by atoms with Crippen molar-refractivity contribution in [2.75, 3.05) is 6.58 Å². The highest BCUT2D eigenvalue weighted by atomic mass is 32.2. The predicted octanol–water partition coefficient (Wildman–Crippen LogP) is 0.595. The second-order valence-corrected chi connectivity index (χ2v) is 9.44. The Balaban J connectivity index is 2.00. The molecule has 32 heavy (non-hydrogen) atoms. The van der Waals surface area contributed by atoms with Gasteiger partial charge in [0, 0.05) is 11.3 Å². The van der Waals surface area contributed by atoms with Crippen molar-refractivity contribution in [2.45, 2.75) is 74.1 Å². The lowest BCUT2D eigenvalue weighted by Gasteiger charge is -2.46. The summed E-state index contributed by atoms with van der Waals surface area (Å²) >= 11 is 0.434. The molecular weight excluding hydrogens is 438 g/mol. The number of ether oxygens (including phenoxy) is 1. The van der Waals surface area contributed by atoms with Crippen LogP contribution in [0.1, 0.15) is 62.1 Å². The minimum Gasteiger partial charge on any atom is -0.478 e. The molecule has 9 nitrogen and oxygen atoms in total. The largest absolute Gasteiger partial charge is 0.478 e. The summed E-state index contributed by atoms with van der Waals surface area (Å²) in [5, 5.41) is 34.2. The van der Waals surface area contributed by atoms with Gasteiger partial charge in [-0.05, 0) is 36.8 Å². The first kappa shape index (κ1) is 15.3. The lowest BCUT2D eigenvalue weighted by atomic mass is 9.75. The first-order valence-corrected chi connectivity index (χ1v) is 10.8. The van der Waals surface area contributed by atoms with Crippen LogP contribution in [-0.2, 0) is 4.74 Å². The first-order chi connectivity index (χ1) is 18.8. The zero-order chi connectivity index (χ0) is 31.2. The normalized spacial score (nSPS) is 51.0. The summed E-state index contributed by atoms with van der Waals surface area (Å²) in [5.41, 5.74) is -4.10. The second-order valence-electron chi connectivity index (χ2n) is 8.26. The van der Waals surface area contributed by atoms with E-state index in [2.05, 4.69) is 20.6 Å². The van der Waals surface area contributed by atoms with E-state index in [1.165, 1.54) is 24.3 Å². The third-order valence-electron chi connectivity index (χ3n) is 5.64. The summed E-state index contributed by atoms with van der Waals surface area (Å²) in [5.74, 6) is -1.97. The van der Waals surface area contributed by atoms with E-state index in [-0.39, 0.29) is 17.5 Å². The van der Waals surface area contributed by atoms with Crippen molar-refractivity contribution in [1.29, 1.82) is 4.29 Å². The molecular formula is C22H31NO8S. The van der Waals surface area contributed by atoms with Gasteiger partial charge in [0.1, 0.15) is 29.7 Å². The van der Waals surface area contributed by atoms with E-state index >= 15 is 0 Å². The molecule has 3 unspecified atom stereocenters. The second kappa shape index (κ2) is 10.1. The third kappa shape index (κ3) is 5.27. The van der Waals surface area contributed by atoms with Crippen LogP contribution in [0.3, 0.4) is 0 Å². The molecule has 1 amide bonds. The summed E-state index contributed by atoms with van der Waals surface area (Å²) in [7, 11) is 0. The minimum atomic E-state index is -3.69. The van der Waals surface area contributed by atoms with Gasteiger partial charge in [-0.25, -0.2) is 4.79 Å². The van der Waals surface area contributed by atoms with Gasteiger partial charge in [-0.1, -0.05) is 26.0 Å². The van der Waals surface area contributed by atoms with Gasteiger partial charge in [0.05, 0.1) is 25.9 Å². The Labute approximate surface area is 203 Å². The summed E-state index contributed by atoms with van der Waals surface area (Å²) in [6, 6.07) is 5.01. The fourth-order valence-corrected chi connectivity index (χ4v) is 5.03. The van der Waals surface area contributed by atoms with Crippen LogP contribution in [-0.4, -0.2) is 89.3 Å². The van der Waals surface area contributed by atoms with Crippen LogP contribution in [0.25, 0.3) is 0 Å². The van der Waals surface area contributed by atoms with Crippen molar-refractivity contribution < 1.29 is 48.1 Å². The van der Waals surface area contributed by atoms with E-state index in [1.807, 2.05) is 0 Å². The number of nitrogens with one attached hydrogen (secondary N) is 1. The Morgan fingerprint density at radius 1 is 1.25 bits per heavy atom. The average Bonchev–Trinajstić information content (AvgIpc) is 2.92. The molecule has 1 saturated heterocycles. The maximum Gasteiger partial charge on any atom is 0.336 e. The van der Waals surface area contributed by atoms with Crippen LogP contribution in [0, 0.1) is 5.41 Å². The molecule has 2 fully saturated rings. The monoisotopic (exact) mass is 478 g/mol. The van der Waals surface area contributed by atoms with Crippen molar-refractivity contribution in [1.82, 2.24) is 5.32 Å². The van der Waals surface area contributed by atoms with Crippen LogP contribution >= 0.6 is 11.8 Å². The zero-order valence-electron chi connectivity index (χ0n) is 26.4. The highest BCUT2D eigenvalue weighted by Gasteiger charge is 2.47. The fraction of sp³-hybridized carbons (Fsp3) is 0.636. The molecule has 0 bridgehead atoms. The van der Waals surface area contributed by atoms with Crippen molar-refractivity contribution >= 4 is 23.6 Å². The molecule has 178 valence electrons. The zero-order valence-corrected chi connectivity index (χ0v) is 18.2. The third-order valence-corrected chi connectivity index (χ3v) is 7.23. The average molecular weight is 479 g/mol. The number of carboxylic acid groups (broad SMARTS) is 1. The molecule has 1 saturated carbocycles. The fourth-order valence-electron chi connectivity index (χ4n) is 3.66. The van der Waals surface area contributed by atoms with Crippen LogP contribution in [0.4, 0.5) is 0 Å². The van der Waals surface area contributed by atoms with Gasteiger partial charge < -0.3 is 35.6 Å². The lowest BCUT2D eigenvalue weighted by Crippen LogP contribution is -2.58. The number of carbonyl (C=O) groups excluding carboxylic acids is 1. The SMILES string of the molecule is [2H]O[C@]1([2H])[C@@]([2H])(O[2H])[C@]([2H])(SC2CC(NC(=O)c3ccccc3C(=O)O)CCC2(C)C)O[C@]([2H])(C([2H])O)[C@]1([2H])O[2H]. The molecule has 1 heterocycles. The Hall–Kier alpha value is -1.69. The number of hydrogen-bond donors (Lipinski definition) is 6. The Morgan fingerprint density at radius 3 is 2.56 bits per heavy atom. The van der Waals surface area contributed by atoms with Gasteiger partial charge in [-0.3, -0.25) is 4.79 Å². The van der Waals surface area contributed by atoms with Crippen molar-refractivity contribution in [3.63, 3.8) is 0 Å². The molecule has 0 radical (unpaired) electrons. The topological polar surface area (TPSA) is 157 Å². The lowest BCUT2D eigenvalue weighted by molar-refractivity contribution is -0.205. The van der Waals surface area contributed by atoms with E-state index in [4.69, 9.17) is 17.3 Å². The van der Waals surface area contributed by atoms with Crippen LogP contribution in [0.5, 0.6) is 0 Å². The van der Waals surface area contributed by atoms with E-state index in [9.17, 15) is 19.8 Å². The Bertz CT molecular complexity index is 1170. The smallest absolute Gasteiger partial charge is 0.336 e. The van der Waals surface area contributed by atoms with E-state index in [0.717, 1.165) is 0 Å². The quantitative estimate of drug-likeness (QED) is 0.299. The van der Waals surface area contributed by atoms with Gasteiger partial charge in [0.2, 0.25) is 4.29 Å². The molecule has 1 aliphatic carbocycles. The van der Waals surface area contributed by atoms with Gasteiger partial charge in [-0.15, -0.1) is 11.8 Å². The summed E-state index contributed by atoms with van der Waals surface area (Å²) < 4.78 is 78.5. The molecule has 8 atom stereocenters. The molecule has 6 N–H and O–H groups in total. The number of carbonyl (C=O) groups is 2. The minimum absolute atomic E-state index is 0.0683. The summed E-state index contributed by atoms with van der Waals surface area (Å²) in [6.45, 7) is 0.795. The highest BCUT2D eigenvalue weighted by molar-refractivity contribution is 8.00. The molecule has 1 aliphatic heterocycles. The van der Waals surface area contributed by atoms with Gasteiger partial charge in [0.25, 0.3) is 5.91 Å². The maximum absolute atomic E-state index is 13.0. The number of aliphatic hydroxyl groups excluding tert-OH is 1. The molecule has 2 aliphatic rings. The summed E-state index contributed by atoms with van der Waals surface area (Å²) in [6.07, 6.45) is -13.4. The van der Waals surface area contributed by atoms with E-state index in [1.54, 1.807) is 13.8 Å². The molecule has 0 aromatic heterocycles. The molecule has 1 aromatic rings. The number of benzene rings is 1. The van der Waals surface area contributed by atoms with Crippen molar-refractivity contribution in [3.8, 4) is 0 Å². The van der Waals surface area contributed by atoms with E-state index < -0.39 is 64.9 Å². The van der Waals surface area contributed by atoms with Crippen molar-refractivity contribution in [3.05, 3.63) is 35.4 Å². The number of aliphatic hydroxyl groups is 4. The van der Waals surface area contributed by atoms with Crippen molar-refractivity contribution in [2.24, 2.45) is 5.41 Å².